The van der Waals surface area contributed by atoms with Crippen molar-refractivity contribution in [3.8, 4) is 0 Å². The SMILES string of the molecule is c1nc2[nH]nc(C3CCNCC3)c2cc1N1CCOCC1. The van der Waals surface area contributed by atoms with Gasteiger partial charge in [0, 0.05) is 24.4 Å². The third-order valence-corrected chi connectivity index (χ3v) is 4.53. The molecule has 2 saturated heterocycles. The smallest absolute Gasteiger partial charge is 0.155 e. The Morgan fingerprint density at radius 2 is 2.00 bits per heavy atom. The first-order valence-electron chi connectivity index (χ1n) is 7.79. The van der Waals surface area contributed by atoms with Crippen molar-refractivity contribution < 1.29 is 4.74 Å². The zero-order valence-corrected chi connectivity index (χ0v) is 12.1. The summed E-state index contributed by atoms with van der Waals surface area (Å²) in [4.78, 5) is 6.90. The van der Waals surface area contributed by atoms with E-state index >= 15 is 0 Å². The topological polar surface area (TPSA) is 66.1 Å². The van der Waals surface area contributed by atoms with Gasteiger partial charge in [0.2, 0.25) is 0 Å². The number of fused-ring (bicyclic) bond motifs is 1. The first-order valence-corrected chi connectivity index (χ1v) is 7.79. The second-order valence-electron chi connectivity index (χ2n) is 5.82. The normalized spacial score (nSPS) is 21.0. The highest BCUT2D eigenvalue weighted by Gasteiger charge is 2.21. The number of hydrogen-bond donors (Lipinski definition) is 2. The van der Waals surface area contributed by atoms with Crippen LogP contribution in [0, 0.1) is 0 Å². The van der Waals surface area contributed by atoms with Crippen molar-refractivity contribution >= 4 is 16.7 Å². The van der Waals surface area contributed by atoms with Crippen LogP contribution in [0.15, 0.2) is 12.3 Å². The molecule has 2 aliphatic heterocycles. The van der Waals surface area contributed by atoms with Crippen molar-refractivity contribution in [2.24, 2.45) is 0 Å². The van der Waals surface area contributed by atoms with Crippen LogP contribution in [0.5, 0.6) is 0 Å². The first-order chi connectivity index (χ1) is 10.4. The average molecular weight is 287 g/mol. The van der Waals surface area contributed by atoms with E-state index < -0.39 is 0 Å². The molecule has 2 aromatic rings. The van der Waals surface area contributed by atoms with E-state index in [9.17, 15) is 0 Å². The van der Waals surface area contributed by atoms with E-state index in [2.05, 4.69) is 31.5 Å². The van der Waals surface area contributed by atoms with Gasteiger partial charge in [0.05, 0.1) is 30.8 Å². The minimum absolute atomic E-state index is 0.543. The Balaban J connectivity index is 1.68. The number of aromatic nitrogens is 3. The maximum atomic E-state index is 5.43. The number of H-pyrrole nitrogens is 1. The molecule has 2 aliphatic rings. The van der Waals surface area contributed by atoms with E-state index in [1.165, 1.54) is 16.8 Å². The first kappa shape index (κ1) is 13.0. The molecule has 0 aromatic carbocycles. The third kappa shape index (κ3) is 2.49. The standard InChI is InChI=1S/C15H21N5O/c1-3-16-4-2-11(1)14-13-9-12(10-17-15(13)19-18-14)20-5-7-21-8-6-20/h9-11,16H,1-8H2,(H,17,18,19). The highest BCUT2D eigenvalue weighted by molar-refractivity contribution is 5.81. The van der Waals surface area contributed by atoms with Crippen molar-refractivity contribution in [2.45, 2.75) is 18.8 Å². The molecule has 0 radical (unpaired) electrons. The second-order valence-corrected chi connectivity index (χ2v) is 5.82. The van der Waals surface area contributed by atoms with E-state index in [1.54, 1.807) is 0 Å². The summed E-state index contributed by atoms with van der Waals surface area (Å²) in [6.45, 7) is 5.63. The molecule has 2 N–H and O–H groups in total. The van der Waals surface area contributed by atoms with Crippen LogP contribution in [-0.2, 0) is 4.74 Å². The van der Waals surface area contributed by atoms with E-state index in [4.69, 9.17) is 4.74 Å². The van der Waals surface area contributed by atoms with Gasteiger partial charge in [-0.3, -0.25) is 5.10 Å². The van der Waals surface area contributed by atoms with Crippen LogP contribution >= 0.6 is 0 Å². The zero-order chi connectivity index (χ0) is 14.1. The lowest BCUT2D eigenvalue weighted by atomic mass is 9.93. The van der Waals surface area contributed by atoms with E-state index in [0.717, 1.165) is 57.9 Å². The molecule has 0 saturated carbocycles. The van der Waals surface area contributed by atoms with Gasteiger partial charge in [-0.1, -0.05) is 0 Å². The molecule has 0 spiro atoms. The summed E-state index contributed by atoms with van der Waals surface area (Å²) >= 11 is 0. The maximum absolute atomic E-state index is 5.43. The number of anilines is 1. The van der Waals surface area contributed by atoms with Gasteiger partial charge in [0.1, 0.15) is 0 Å². The third-order valence-electron chi connectivity index (χ3n) is 4.53. The van der Waals surface area contributed by atoms with Crippen LogP contribution in [0.2, 0.25) is 0 Å². The van der Waals surface area contributed by atoms with Crippen molar-refractivity contribution in [3.05, 3.63) is 18.0 Å². The van der Waals surface area contributed by atoms with Gasteiger partial charge < -0.3 is 15.0 Å². The van der Waals surface area contributed by atoms with Crippen molar-refractivity contribution in [2.75, 3.05) is 44.3 Å². The Bertz CT molecular complexity index is 614. The van der Waals surface area contributed by atoms with Gasteiger partial charge in [-0.15, -0.1) is 0 Å². The summed E-state index contributed by atoms with van der Waals surface area (Å²) in [5.41, 5.74) is 3.28. The predicted molar refractivity (Wildman–Crippen MR) is 81.8 cm³/mol. The molecule has 0 aliphatic carbocycles. The lowest BCUT2D eigenvalue weighted by molar-refractivity contribution is 0.122. The largest absolute Gasteiger partial charge is 0.378 e. The minimum Gasteiger partial charge on any atom is -0.378 e. The monoisotopic (exact) mass is 287 g/mol. The number of morpholine rings is 1. The molecule has 4 rings (SSSR count). The number of rotatable bonds is 2. The molecule has 0 unspecified atom stereocenters. The van der Waals surface area contributed by atoms with Gasteiger partial charge in [-0.25, -0.2) is 4.98 Å². The number of nitrogens with one attached hydrogen (secondary N) is 2. The highest BCUT2D eigenvalue weighted by Crippen LogP contribution is 2.30. The predicted octanol–water partition coefficient (Wildman–Crippen LogP) is 1.26. The summed E-state index contributed by atoms with van der Waals surface area (Å²) in [7, 11) is 0. The number of hydrogen-bond acceptors (Lipinski definition) is 5. The van der Waals surface area contributed by atoms with Crippen molar-refractivity contribution in [1.82, 2.24) is 20.5 Å². The number of pyridine rings is 1. The van der Waals surface area contributed by atoms with Crippen molar-refractivity contribution in [1.29, 1.82) is 0 Å². The molecule has 6 heteroatoms. The summed E-state index contributed by atoms with van der Waals surface area (Å²) in [5, 5.41) is 12.2. The summed E-state index contributed by atoms with van der Waals surface area (Å²) in [5.74, 6) is 0.543. The fraction of sp³-hybridized carbons (Fsp3) is 0.600. The van der Waals surface area contributed by atoms with Crippen LogP contribution in [-0.4, -0.2) is 54.6 Å². The van der Waals surface area contributed by atoms with Gasteiger partial charge >= 0.3 is 0 Å². The van der Waals surface area contributed by atoms with Gasteiger partial charge in [-0.2, -0.15) is 5.10 Å². The van der Waals surface area contributed by atoms with Gasteiger partial charge in [0.25, 0.3) is 0 Å². The lowest BCUT2D eigenvalue weighted by Crippen LogP contribution is -2.36. The van der Waals surface area contributed by atoms with Gasteiger partial charge in [0.15, 0.2) is 5.65 Å². The fourth-order valence-corrected chi connectivity index (χ4v) is 3.31. The van der Waals surface area contributed by atoms with E-state index in [-0.39, 0.29) is 0 Å². The molecule has 0 amide bonds. The molecule has 4 heterocycles. The summed E-state index contributed by atoms with van der Waals surface area (Å²) < 4.78 is 5.43. The fourth-order valence-electron chi connectivity index (χ4n) is 3.31. The Morgan fingerprint density at radius 3 is 2.81 bits per heavy atom. The average Bonchev–Trinajstić information content (AvgIpc) is 2.99. The molecule has 2 aromatic heterocycles. The molecule has 0 atom stereocenters. The Kier molecular flexibility index (Phi) is 3.48. The van der Waals surface area contributed by atoms with Gasteiger partial charge in [-0.05, 0) is 32.0 Å². The molecule has 2 fully saturated rings. The minimum atomic E-state index is 0.543. The molecule has 112 valence electrons. The Hall–Kier alpha value is -1.66. The molecular formula is C15H21N5O. The van der Waals surface area contributed by atoms with Crippen LogP contribution in [0.3, 0.4) is 0 Å². The summed E-state index contributed by atoms with van der Waals surface area (Å²) in [6.07, 6.45) is 4.25. The summed E-state index contributed by atoms with van der Waals surface area (Å²) in [6, 6.07) is 2.24. The highest BCUT2D eigenvalue weighted by atomic mass is 16.5. The number of piperidine rings is 1. The maximum Gasteiger partial charge on any atom is 0.155 e. The molecule has 21 heavy (non-hydrogen) atoms. The lowest BCUT2D eigenvalue weighted by Gasteiger charge is -2.28. The second kappa shape index (κ2) is 5.61. The van der Waals surface area contributed by atoms with Crippen LogP contribution in [0.25, 0.3) is 11.0 Å². The molecule has 6 nitrogen and oxygen atoms in total. The van der Waals surface area contributed by atoms with Crippen LogP contribution < -0.4 is 10.2 Å². The Labute approximate surface area is 123 Å². The molecule has 0 bridgehead atoms. The van der Waals surface area contributed by atoms with Crippen LogP contribution in [0.4, 0.5) is 5.69 Å². The number of aromatic amines is 1. The van der Waals surface area contributed by atoms with E-state index in [0.29, 0.717) is 5.92 Å². The number of nitrogens with zero attached hydrogens (tertiary/aromatic N) is 3. The molecular weight excluding hydrogens is 266 g/mol. The van der Waals surface area contributed by atoms with Crippen LogP contribution in [0.1, 0.15) is 24.5 Å². The van der Waals surface area contributed by atoms with Crippen molar-refractivity contribution in [3.63, 3.8) is 0 Å². The number of ether oxygens (including phenoxy) is 1. The quantitative estimate of drug-likeness (QED) is 0.870. The Morgan fingerprint density at radius 1 is 1.19 bits per heavy atom. The zero-order valence-electron chi connectivity index (χ0n) is 12.1. The van der Waals surface area contributed by atoms with E-state index in [1.807, 2.05) is 6.20 Å².